The second-order valence-electron chi connectivity index (χ2n) is 6.38. The lowest BCUT2D eigenvalue weighted by molar-refractivity contribution is 0.0699. The maximum Gasteiger partial charge on any atom is 0.337 e. The second kappa shape index (κ2) is 7.08. The van der Waals surface area contributed by atoms with E-state index in [4.69, 9.17) is 0 Å². The van der Waals surface area contributed by atoms with E-state index < -0.39 is 46.3 Å². The number of aromatic amines is 1. The highest BCUT2D eigenvalue weighted by Gasteiger charge is 2.31. The van der Waals surface area contributed by atoms with Crippen molar-refractivity contribution in [1.82, 2.24) is 9.97 Å². The third kappa shape index (κ3) is 3.14. The number of carboxylic acids is 1. The molecule has 0 aliphatic rings. The first-order valence-electron chi connectivity index (χ1n) is 8.25. The molecule has 3 rings (SSSR count). The number of carbonyl (C=O) groups is 1. The molecule has 0 saturated heterocycles. The van der Waals surface area contributed by atoms with E-state index in [1.165, 1.54) is 32.0 Å². The van der Waals surface area contributed by atoms with Crippen LogP contribution in [0.3, 0.4) is 0 Å². The summed E-state index contributed by atoms with van der Waals surface area (Å²) in [6, 6.07) is 4.05. The molecule has 29 heavy (non-hydrogen) atoms. The standard InChI is InChI=1S/C20H15F4N3O2/c1-8(2)27(9(3)4)18-15(23)13(21)12(14(22)16(18)24)19-25-11-7-5-6-10(20(28)29)17(11)26-19/h5-7H,1,3H2,2,4H3,(H,25,26)(H,28,29). The number of para-hydroxylation sites is 1. The summed E-state index contributed by atoms with van der Waals surface area (Å²) < 4.78 is 59.2. The molecule has 150 valence electrons. The molecule has 0 aliphatic carbocycles. The molecule has 1 heterocycles. The number of aromatic nitrogens is 2. The van der Waals surface area contributed by atoms with E-state index in [-0.39, 0.29) is 28.0 Å². The first-order chi connectivity index (χ1) is 13.6. The Morgan fingerprint density at radius 1 is 1.03 bits per heavy atom. The average Bonchev–Trinajstić information content (AvgIpc) is 3.06. The number of carboxylic acid groups (broad SMARTS) is 1. The maximum atomic E-state index is 14.8. The van der Waals surface area contributed by atoms with Gasteiger partial charge in [0.2, 0.25) is 0 Å². The molecule has 0 atom stereocenters. The smallest absolute Gasteiger partial charge is 0.337 e. The van der Waals surface area contributed by atoms with Crippen molar-refractivity contribution in [2.75, 3.05) is 4.90 Å². The number of halogens is 4. The second-order valence-corrected chi connectivity index (χ2v) is 6.38. The summed E-state index contributed by atoms with van der Waals surface area (Å²) in [6.07, 6.45) is 0. The van der Waals surface area contributed by atoms with Gasteiger partial charge < -0.3 is 15.0 Å². The molecule has 0 bridgehead atoms. The summed E-state index contributed by atoms with van der Waals surface area (Å²) in [6.45, 7) is 9.87. The fourth-order valence-corrected chi connectivity index (χ4v) is 3.05. The first-order valence-corrected chi connectivity index (χ1v) is 8.25. The molecule has 3 aromatic rings. The number of anilines is 1. The third-order valence-electron chi connectivity index (χ3n) is 4.21. The number of nitrogens with one attached hydrogen (secondary N) is 1. The minimum absolute atomic E-state index is 0.0942. The van der Waals surface area contributed by atoms with Gasteiger partial charge in [0.15, 0.2) is 23.3 Å². The number of allylic oxidation sites excluding steroid dienone is 2. The predicted molar refractivity (Wildman–Crippen MR) is 100 cm³/mol. The van der Waals surface area contributed by atoms with Crippen LogP contribution in [0.25, 0.3) is 22.4 Å². The molecule has 5 nitrogen and oxygen atoms in total. The van der Waals surface area contributed by atoms with E-state index in [2.05, 4.69) is 23.1 Å². The molecule has 2 N–H and O–H groups in total. The Morgan fingerprint density at radius 3 is 2.07 bits per heavy atom. The van der Waals surface area contributed by atoms with Crippen LogP contribution in [-0.4, -0.2) is 21.0 Å². The van der Waals surface area contributed by atoms with Crippen LogP contribution in [0.1, 0.15) is 24.2 Å². The molecule has 0 amide bonds. The van der Waals surface area contributed by atoms with Crippen LogP contribution in [-0.2, 0) is 0 Å². The van der Waals surface area contributed by atoms with Gasteiger partial charge in [0.25, 0.3) is 0 Å². The summed E-state index contributed by atoms with van der Waals surface area (Å²) in [5.41, 5.74) is -2.10. The van der Waals surface area contributed by atoms with Crippen LogP contribution in [0.4, 0.5) is 23.2 Å². The Morgan fingerprint density at radius 2 is 1.59 bits per heavy atom. The Labute approximate surface area is 162 Å². The van der Waals surface area contributed by atoms with Gasteiger partial charge in [0.05, 0.1) is 16.6 Å². The molecule has 0 radical (unpaired) electrons. The zero-order valence-corrected chi connectivity index (χ0v) is 15.4. The zero-order chi connectivity index (χ0) is 21.6. The largest absolute Gasteiger partial charge is 0.478 e. The molecule has 0 fully saturated rings. The Hall–Kier alpha value is -3.62. The minimum atomic E-state index is -1.69. The molecule has 9 heteroatoms. The van der Waals surface area contributed by atoms with E-state index in [1.807, 2.05) is 0 Å². The van der Waals surface area contributed by atoms with Crippen LogP contribution in [0.15, 0.2) is 42.8 Å². The Bertz CT molecular complexity index is 1160. The monoisotopic (exact) mass is 405 g/mol. The summed E-state index contributed by atoms with van der Waals surface area (Å²) in [5.74, 6) is -8.58. The third-order valence-corrected chi connectivity index (χ3v) is 4.21. The van der Waals surface area contributed by atoms with E-state index in [0.717, 1.165) is 4.90 Å². The maximum absolute atomic E-state index is 14.8. The van der Waals surface area contributed by atoms with Crippen molar-refractivity contribution in [3.05, 3.63) is 71.6 Å². The number of hydrogen-bond donors (Lipinski definition) is 2. The molecule has 1 aromatic heterocycles. The molecule has 0 aliphatic heterocycles. The molecule has 0 unspecified atom stereocenters. The highest BCUT2D eigenvalue weighted by atomic mass is 19.2. The van der Waals surface area contributed by atoms with Crippen molar-refractivity contribution in [3.63, 3.8) is 0 Å². The van der Waals surface area contributed by atoms with Gasteiger partial charge >= 0.3 is 5.97 Å². The van der Waals surface area contributed by atoms with Crippen molar-refractivity contribution in [2.24, 2.45) is 0 Å². The molecule has 0 saturated carbocycles. The number of nitrogens with zero attached hydrogens (tertiary/aromatic N) is 2. The van der Waals surface area contributed by atoms with Gasteiger partial charge in [-0.05, 0) is 26.0 Å². The lowest BCUT2D eigenvalue weighted by Gasteiger charge is -2.26. The number of benzene rings is 2. The van der Waals surface area contributed by atoms with Gasteiger partial charge in [0.1, 0.15) is 17.0 Å². The summed E-state index contributed by atoms with van der Waals surface area (Å²) in [5, 5.41) is 9.22. The molecular weight excluding hydrogens is 390 g/mol. The van der Waals surface area contributed by atoms with Gasteiger partial charge in [-0.25, -0.2) is 27.3 Å². The van der Waals surface area contributed by atoms with Gasteiger partial charge in [-0.1, -0.05) is 19.2 Å². The molecule has 0 spiro atoms. The fraction of sp³-hybridized carbons (Fsp3) is 0.100. The van der Waals surface area contributed by atoms with Crippen molar-refractivity contribution in [2.45, 2.75) is 13.8 Å². The number of imidazole rings is 1. The van der Waals surface area contributed by atoms with Gasteiger partial charge in [-0.2, -0.15) is 0 Å². The van der Waals surface area contributed by atoms with Crippen LogP contribution in [0.2, 0.25) is 0 Å². The highest BCUT2D eigenvalue weighted by molar-refractivity contribution is 6.01. The number of rotatable bonds is 5. The van der Waals surface area contributed by atoms with Gasteiger partial charge in [-0.3, -0.25) is 0 Å². The Balaban J connectivity index is 2.32. The van der Waals surface area contributed by atoms with Crippen LogP contribution in [0, 0.1) is 23.3 Å². The van der Waals surface area contributed by atoms with Crippen molar-refractivity contribution in [1.29, 1.82) is 0 Å². The Kier molecular flexibility index (Phi) is 4.91. The number of fused-ring (bicyclic) bond motifs is 1. The molecular formula is C20H15F4N3O2. The SMILES string of the molecule is C=C(C)N(C(=C)C)c1c(F)c(F)c(-c2nc3c(C(=O)O)cccc3[nH]2)c(F)c1F. The normalized spacial score (nSPS) is 11.0. The van der Waals surface area contributed by atoms with Crippen molar-refractivity contribution in [3.8, 4) is 11.4 Å². The van der Waals surface area contributed by atoms with Crippen LogP contribution >= 0.6 is 0 Å². The average molecular weight is 405 g/mol. The highest BCUT2D eigenvalue weighted by Crippen LogP contribution is 2.38. The van der Waals surface area contributed by atoms with Crippen molar-refractivity contribution < 1.29 is 27.5 Å². The quantitative estimate of drug-likeness (QED) is 0.443. The predicted octanol–water partition coefficient (Wildman–Crippen LogP) is 5.36. The van der Waals surface area contributed by atoms with Gasteiger partial charge in [0, 0.05) is 11.4 Å². The summed E-state index contributed by atoms with van der Waals surface area (Å²) in [4.78, 5) is 18.5. The lowest BCUT2D eigenvalue weighted by atomic mass is 10.1. The van der Waals surface area contributed by atoms with Crippen molar-refractivity contribution >= 4 is 22.7 Å². The van der Waals surface area contributed by atoms with Crippen LogP contribution < -0.4 is 4.90 Å². The summed E-state index contributed by atoms with van der Waals surface area (Å²) >= 11 is 0. The lowest BCUT2D eigenvalue weighted by Crippen LogP contribution is -2.22. The fourth-order valence-electron chi connectivity index (χ4n) is 3.05. The number of H-pyrrole nitrogens is 1. The van der Waals surface area contributed by atoms with Crippen LogP contribution in [0.5, 0.6) is 0 Å². The molecule has 2 aromatic carbocycles. The zero-order valence-electron chi connectivity index (χ0n) is 15.4. The first kappa shape index (κ1) is 20.1. The van der Waals surface area contributed by atoms with E-state index in [1.54, 1.807) is 0 Å². The number of aromatic carboxylic acids is 1. The van der Waals surface area contributed by atoms with E-state index in [0.29, 0.717) is 0 Å². The topological polar surface area (TPSA) is 69.2 Å². The number of hydrogen-bond acceptors (Lipinski definition) is 3. The van der Waals surface area contributed by atoms with E-state index >= 15 is 0 Å². The summed E-state index contributed by atoms with van der Waals surface area (Å²) in [7, 11) is 0. The van der Waals surface area contributed by atoms with Gasteiger partial charge in [-0.15, -0.1) is 0 Å². The minimum Gasteiger partial charge on any atom is -0.478 e. The van der Waals surface area contributed by atoms with E-state index in [9.17, 15) is 27.5 Å².